The average molecular weight is 335 g/mol. The van der Waals surface area contributed by atoms with Crippen LogP contribution in [0.15, 0.2) is 24.4 Å². The summed E-state index contributed by atoms with van der Waals surface area (Å²) in [5.74, 6) is 0. The number of nitrogens with one attached hydrogen (secondary N) is 1. The molecule has 1 amide bonds. The first-order valence-electron chi connectivity index (χ1n) is 6.87. The van der Waals surface area contributed by atoms with Gasteiger partial charge in [0.2, 0.25) is 0 Å². The molecular formula is C15H17N3O4S. The fourth-order valence-corrected chi connectivity index (χ4v) is 2.62. The number of aromatic nitrogens is 1. The number of nitro benzene ring substituents is 1. The van der Waals surface area contributed by atoms with Gasteiger partial charge in [0, 0.05) is 17.8 Å². The third kappa shape index (κ3) is 4.49. The van der Waals surface area contributed by atoms with Crippen LogP contribution in [0.25, 0.3) is 10.4 Å². The Morgan fingerprint density at radius 2 is 2.09 bits per heavy atom. The summed E-state index contributed by atoms with van der Waals surface area (Å²) in [4.78, 5) is 27.5. The Kier molecular flexibility index (Phi) is 4.65. The predicted octanol–water partition coefficient (Wildman–Crippen LogP) is 4.37. The highest BCUT2D eigenvalue weighted by Gasteiger charge is 2.21. The van der Waals surface area contributed by atoms with E-state index >= 15 is 0 Å². The van der Waals surface area contributed by atoms with Crippen LogP contribution in [0.5, 0.6) is 0 Å². The molecule has 1 N–H and O–H groups in total. The summed E-state index contributed by atoms with van der Waals surface area (Å²) in [6, 6.07) is 4.61. The lowest BCUT2D eigenvalue weighted by molar-refractivity contribution is -0.383. The minimum Gasteiger partial charge on any atom is -0.444 e. The van der Waals surface area contributed by atoms with Crippen molar-refractivity contribution in [3.8, 4) is 10.4 Å². The third-order valence-corrected chi connectivity index (χ3v) is 3.70. The number of carbonyl (C=O) groups excluding carboxylic acids is 1. The monoisotopic (exact) mass is 335 g/mol. The SMILES string of the molecule is Cc1ncc(-c2ccc(NC(=O)OC(C)(C)C)c([N+](=O)[O-])c2)s1. The number of carbonyl (C=O) groups is 1. The molecule has 1 aromatic carbocycles. The maximum absolute atomic E-state index is 11.8. The summed E-state index contributed by atoms with van der Waals surface area (Å²) in [6.45, 7) is 7.02. The Bertz CT molecular complexity index is 749. The maximum atomic E-state index is 11.8. The Labute approximate surface area is 137 Å². The summed E-state index contributed by atoms with van der Waals surface area (Å²) in [5.41, 5.74) is -0.107. The number of hydrogen-bond donors (Lipinski definition) is 1. The molecule has 8 heteroatoms. The fraction of sp³-hybridized carbons (Fsp3) is 0.333. The Hall–Kier alpha value is -2.48. The van der Waals surface area contributed by atoms with Gasteiger partial charge in [-0.2, -0.15) is 0 Å². The van der Waals surface area contributed by atoms with Gasteiger partial charge < -0.3 is 4.74 Å². The topological polar surface area (TPSA) is 94.4 Å². The second-order valence-corrected chi connectivity index (χ2v) is 7.09. The molecule has 0 bridgehead atoms. The van der Waals surface area contributed by atoms with Crippen molar-refractivity contribution in [2.75, 3.05) is 5.32 Å². The van der Waals surface area contributed by atoms with Gasteiger partial charge in [0.15, 0.2) is 0 Å². The molecule has 0 fully saturated rings. The summed E-state index contributed by atoms with van der Waals surface area (Å²) in [6.07, 6.45) is 0.932. The van der Waals surface area contributed by atoms with Crippen molar-refractivity contribution >= 4 is 28.8 Å². The second kappa shape index (κ2) is 6.33. The van der Waals surface area contributed by atoms with E-state index in [0.29, 0.717) is 5.56 Å². The standard InChI is InChI=1S/C15H17N3O4S/c1-9-16-8-13(23-9)10-5-6-11(12(7-10)18(20)21)17-14(19)22-15(2,3)4/h5-8H,1-4H3,(H,17,19). The lowest BCUT2D eigenvalue weighted by atomic mass is 10.1. The predicted molar refractivity (Wildman–Crippen MR) is 88.8 cm³/mol. The number of aryl methyl sites for hydroxylation is 1. The molecule has 2 aromatic rings. The summed E-state index contributed by atoms with van der Waals surface area (Å²) in [7, 11) is 0. The normalized spacial score (nSPS) is 11.1. The largest absolute Gasteiger partial charge is 0.444 e. The zero-order valence-electron chi connectivity index (χ0n) is 13.2. The number of thiazole rings is 1. The molecule has 23 heavy (non-hydrogen) atoms. The molecular weight excluding hydrogens is 318 g/mol. The Morgan fingerprint density at radius 3 is 2.61 bits per heavy atom. The Balaban J connectivity index is 2.30. The molecule has 0 aliphatic heterocycles. The van der Waals surface area contributed by atoms with E-state index in [1.807, 2.05) is 6.92 Å². The van der Waals surface area contributed by atoms with Crippen molar-refractivity contribution < 1.29 is 14.5 Å². The number of nitro groups is 1. The highest BCUT2D eigenvalue weighted by atomic mass is 32.1. The quantitative estimate of drug-likeness (QED) is 0.663. The lowest BCUT2D eigenvalue weighted by Gasteiger charge is -2.19. The maximum Gasteiger partial charge on any atom is 0.412 e. The van der Waals surface area contributed by atoms with E-state index in [2.05, 4.69) is 10.3 Å². The smallest absolute Gasteiger partial charge is 0.412 e. The van der Waals surface area contributed by atoms with Gasteiger partial charge in [-0.25, -0.2) is 9.78 Å². The van der Waals surface area contributed by atoms with Gasteiger partial charge in [-0.05, 0) is 33.8 Å². The Morgan fingerprint density at radius 1 is 1.39 bits per heavy atom. The van der Waals surface area contributed by atoms with E-state index in [4.69, 9.17) is 4.74 Å². The summed E-state index contributed by atoms with van der Waals surface area (Å²) >= 11 is 1.44. The number of benzene rings is 1. The van der Waals surface area contributed by atoms with Crippen molar-refractivity contribution in [3.05, 3.63) is 39.5 Å². The van der Waals surface area contributed by atoms with Gasteiger partial charge >= 0.3 is 6.09 Å². The van der Waals surface area contributed by atoms with E-state index in [1.54, 1.807) is 33.0 Å². The first-order chi connectivity index (χ1) is 10.7. The lowest BCUT2D eigenvalue weighted by Crippen LogP contribution is -2.27. The molecule has 0 radical (unpaired) electrons. The fourth-order valence-electron chi connectivity index (χ4n) is 1.85. The van der Waals surface area contributed by atoms with Crippen molar-refractivity contribution in [2.24, 2.45) is 0 Å². The van der Waals surface area contributed by atoms with Crippen LogP contribution in [0, 0.1) is 17.0 Å². The van der Waals surface area contributed by atoms with Crippen LogP contribution in [0.1, 0.15) is 25.8 Å². The zero-order chi connectivity index (χ0) is 17.2. The number of amides is 1. The summed E-state index contributed by atoms with van der Waals surface area (Å²) in [5, 5.41) is 14.6. The molecule has 0 aliphatic rings. The zero-order valence-corrected chi connectivity index (χ0v) is 14.1. The van der Waals surface area contributed by atoms with E-state index in [0.717, 1.165) is 9.88 Å². The van der Waals surface area contributed by atoms with Gasteiger partial charge in [-0.1, -0.05) is 6.07 Å². The average Bonchev–Trinajstić information content (AvgIpc) is 2.83. The first-order valence-corrected chi connectivity index (χ1v) is 7.68. The molecule has 1 aromatic heterocycles. The van der Waals surface area contributed by atoms with E-state index in [-0.39, 0.29) is 11.4 Å². The van der Waals surface area contributed by atoms with Crippen LogP contribution < -0.4 is 5.32 Å². The van der Waals surface area contributed by atoms with Gasteiger partial charge in [-0.3, -0.25) is 15.4 Å². The minimum absolute atomic E-state index is 0.0919. The van der Waals surface area contributed by atoms with Crippen molar-refractivity contribution in [1.29, 1.82) is 0 Å². The molecule has 7 nitrogen and oxygen atoms in total. The molecule has 0 saturated heterocycles. The number of rotatable bonds is 3. The van der Waals surface area contributed by atoms with Gasteiger partial charge in [-0.15, -0.1) is 11.3 Å². The van der Waals surface area contributed by atoms with Crippen molar-refractivity contribution in [2.45, 2.75) is 33.3 Å². The molecule has 0 spiro atoms. The molecule has 2 rings (SSSR count). The van der Waals surface area contributed by atoms with Crippen LogP contribution in [-0.4, -0.2) is 21.6 Å². The van der Waals surface area contributed by atoms with Crippen LogP contribution in [-0.2, 0) is 4.74 Å². The molecule has 0 aliphatic carbocycles. The van der Waals surface area contributed by atoms with Crippen molar-refractivity contribution in [1.82, 2.24) is 4.98 Å². The number of ether oxygens (including phenoxy) is 1. The van der Waals surface area contributed by atoms with Gasteiger partial charge in [0.1, 0.15) is 11.3 Å². The van der Waals surface area contributed by atoms with Crippen LogP contribution in [0.3, 0.4) is 0 Å². The van der Waals surface area contributed by atoms with Crippen LogP contribution in [0.4, 0.5) is 16.2 Å². The van der Waals surface area contributed by atoms with Gasteiger partial charge in [0.05, 0.1) is 14.8 Å². The molecule has 0 atom stereocenters. The van der Waals surface area contributed by atoms with Crippen LogP contribution >= 0.6 is 11.3 Å². The summed E-state index contributed by atoms with van der Waals surface area (Å²) < 4.78 is 5.11. The van der Waals surface area contributed by atoms with Crippen LogP contribution in [0.2, 0.25) is 0 Å². The highest BCUT2D eigenvalue weighted by Crippen LogP contribution is 2.33. The minimum atomic E-state index is -0.734. The van der Waals surface area contributed by atoms with E-state index < -0.39 is 16.6 Å². The highest BCUT2D eigenvalue weighted by molar-refractivity contribution is 7.15. The third-order valence-electron chi connectivity index (χ3n) is 2.74. The number of nitrogens with zero attached hydrogens (tertiary/aromatic N) is 2. The molecule has 1 heterocycles. The van der Waals surface area contributed by atoms with Gasteiger partial charge in [0.25, 0.3) is 5.69 Å². The molecule has 0 unspecified atom stereocenters. The molecule has 122 valence electrons. The number of anilines is 1. The molecule has 0 saturated carbocycles. The first kappa shape index (κ1) is 16.9. The van der Waals surface area contributed by atoms with E-state index in [1.165, 1.54) is 23.5 Å². The van der Waals surface area contributed by atoms with Crippen molar-refractivity contribution in [3.63, 3.8) is 0 Å². The van der Waals surface area contributed by atoms with E-state index in [9.17, 15) is 14.9 Å². The second-order valence-electron chi connectivity index (χ2n) is 5.86. The number of hydrogen-bond acceptors (Lipinski definition) is 6.